The summed E-state index contributed by atoms with van der Waals surface area (Å²) in [7, 11) is 0. The fourth-order valence-electron chi connectivity index (χ4n) is 2.11. The highest BCUT2D eigenvalue weighted by atomic mass is 16.6. The highest BCUT2D eigenvalue weighted by Gasteiger charge is 2.33. The van der Waals surface area contributed by atoms with Crippen LogP contribution in [0.15, 0.2) is 18.2 Å². The number of nitro benzene ring substituents is 1. The van der Waals surface area contributed by atoms with E-state index in [0.29, 0.717) is 11.1 Å². The van der Waals surface area contributed by atoms with Crippen LogP contribution in [0, 0.1) is 17.0 Å². The standard InChI is InChI=1S/C12H14N2O5/c1-7-4-8(2-3-9(7)14(18)19)12(17)13-5-10(15)11(16)6-13/h2-4,10-11,15-16H,5-6H2,1H3. The molecule has 1 saturated heterocycles. The number of nitrogens with zero attached hydrogens (tertiary/aromatic N) is 2. The van der Waals surface area contributed by atoms with E-state index in [1.807, 2.05) is 0 Å². The molecule has 0 spiro atoms. The fraction of sp³-hybridized carbons (Fsp3) is 0.417. The second-order valence-corrected chi connectivity index (χ2v) is 4.60. The molecule has 1 aliphatic heterocycles. The largest absolute Gasteiger partial charge is 0.388 e. The van der Waals surface area contributed by atoms with E-state index in [1.165, 1.54) is 23.1 Å². The molecule has 1 fully saturated rings. The quantitative estimate of drug-likeness (QED) is 0.582. The molecule has 1 aliphatic rings. The zero-order valence-electron chi connectivity index (χ0n) is 10.3. The number of carbonyl (C=O) groups is 1. The van der Waals surface area contributed by atoms with Crippen molar-refractivity contribution in [2.75, 3.05) is 13.1 Å². The van der Waals surface area contributed by atoms with Crippen LogP contribution in [0.1, 0.15) is 15.9 Å². The normalized spacial score (nSPS) is 22.6. The summed E-state index contributed by atoms with van der Waals surface area (Å²) in [6, 6.07) is 4.10. The number of aliphatic hydroxyl groups excluding tert-OH is 2. The van der Waals surface area contributed by atoms with Crippen LogP contribution in [0.4, 0.5) is 5.69 Å². The second-order valence-electron chi connectivity index (χ2n) is 4.60. The van der Waals surface area contributed by atoms with Crippen molar-refractivity contribution in [2.24, 2.45) is 0 Å². The molecule has 1 heterocycles. The number of β-amino-alcohol motifs (C(OH)–C–C–N with tert-alkyl or cyclic N) is 2. The third-order valence-electron chi connectivity index (χ3n) is 3.19. The van der Waals surface area contributed by atoms with Crippen LogP contribution in [0.25, 0.3) is 0 Å². The van der Waals surface area contributed by atoms with Crippen molar-refractivity contribution in [3.8, 4) is 0 Å². The van der Waals surface area contributed by atoms with E-state index in [1.54, 1.807) is 6.92 Å². The molecule has 2 N–H and O–H groups in total. The lowest BCUT2D eigenvalue weighted by atomic mass is 10.1. The van der Waals surface area contributed by atoms with Gasteiger partial charge < -0.3 is 15.1 Å². The Bertz CT molecular complexity index is 521. The Morgan fingerprint density at radius 2 is 1.95 bits per heavy atom. The SMILES string of the molecule is Cc1cc(C(=O)N2CC(O)C(O)C2)ccc1[N+](=O)[O-]. The van der Waals surface area contributed by atoms with Gasteiger partial charge in [-0.05, 0) is 19.1 Å². The molecule has 1 amide bonds. The van der Waals surface area contributed by atoms with Gasteiger partial charge in [0.1, 0.15) is 0 Å². The van der Waals surface area contributed by atoms with E-state index < -0.39 is 17.1 Å². The molecule has 0 aliphatic carbocycles. The monoisotopic (exact) mass is 266 g/mol. The first kappa shape index (κ1) is 13.4. The molecule has 1 aromatic carbocycles. The van der Waals surface area contributed by atoms with Gasteiger partial charge in [0.05, 0.1) is 17.1 Å². The Hall–Kier alpha value is -1.99. The average Bonchev–Trinajstić information content (AvgIpc) is 2.68. The highest BCUT2D eigenvalue weighted by Crippen LogP contribution is 2.21. The fourth-order valence-corrected chi connectivity index (χ4v) is 2.11. The molecule has 1 aromatic rings. The van der Waals surface area contributed by atoms with Crippen LogP contribution < -0.4 is 0 Å². The molecule has 19 heavy (non-hydrogen) atoms. The summed E-state index contributed by atoms with van der Waals surface area (Å²) < 4.78 is 0. The molecule has 2 unspecified atom stereocenters. The Labute approximate surface area is 109 Å². The van der Waals surface area contributed by atoms with Crippen LogP contribution in [-0.4, -0.2) is 51.2 Å². The summed E-state index contributed by atoms with van der Waals surface area (Å²) in [6.07, 6.45) is -1.88. The van der Waals surface area contributed by atoms with E-state index in [0.717, 1.165) is 0 Å². The van der Waals surface area contributed by atoms with Gasteiger partial charge in [-0.25, -0.2) is 0 Å². The molecule has 0 aromatic heterocycles. The van der Waals surface area contributed by atoms with Crippen molar-refractivity contribution in [3.63, 3.8) is 0 Å². The van der Waals surface area contributed by atoms with Gasteiger partial charge in [0.25, 0.3) is 11.6 Å². The predicted molar refractivity (Wildman–Crippen MR) is 65.8 cm³/mol. The zero-order valence-corrected chi connectivity index (χ0v) is 10.3. The number of nitro groups is 1. The first-order chi connectivity index (χ1) is 8.90. The minimum absolute atomic E-state index is 0.0435. The summed E-state index contributed by atoms with van der Waals surface area (Å²) >= 11 is 0. The highest BCUT2D eigenvalue weighted by molar-refractivity contribution is 5.95. The summed E-state index contributed by atoms with van der Waals surface area (Å²) in [4.78, 5) is 23.6. The first-order valence-electron chi connectivity index (χ1n) is 5.80. The summed E-state index contributed by atoms with van der Waals surface area (Å²) in [5.74, 6) is -0.353. The number of hydrogen-bond donors (Lipinski definition) is 2. The van der Waals surface area contributed by atoms with Gasteiger partial charge in [-0.3, -0.25) is 14.9 Å². The van der Waals surface area contributed by atoms with Crippen LogP contribution in [0.2, 0.25) is 0 Å². The van der Waals surface area contributed by atoms with Crippen molar-refractivity contribution in [1.29, 1.82) is 0 Å². The zero-order chi connectivity index (χ0) is 14.2. The Balaban J connectivity index is 2.21. The van der Waals surface area contributed by atoms with Gasteiger partial charge in [-0.15, -0.1) is 0 Å². The Morgan fingerprint density at radius 3 is 2.42 bits per heavy atom. The first-order valence-corrected chi connectivity index (χ1v) is 5.80. The van der Waals surface area contributed by atoms with E-state index in [9.17, 15) is 25.1 Å². The summed E-state index contributed by atoms with van der Waals surface area (Å²) in [6.45, 7) is 1.69. The summed E-state index contributed by atoms with van der Waals surface area (Å²) in [5, 5.41) is 29.5. The number of amides is 1. The number of benzene rings is 1. The maximum Gasteiger partial charge on any atom is 0.272 e. The second kappa shape index (κ2) is 4.94. The molecule has 0 saturated carbocycles. The van der Waals surface area contributed by atoms with Gasteiger partial charge in [0.2, 0.25) is 0 Å². The topological polar surface area (TPSA) is 104 Å². The molecule has 0 bridgehead atoms. The maximum absolute atomic E-state index is 12.1. The van der Waals surface area contributed by atoms with E-state index in [2.05, 4.69) is 0 Å². The van der Waals surface area contributed by atoms with Crippen LogP contribution in [0.3, 0.4) is 0 Å². The van der Waals surface area contributed by atoms with Crippen LogP contribution in [0.5, 0.6) is 0 Å². The van der Waals surface area contributed by atoms with E-state index in [-0.39, 0.29) is 24.7 Å². The van der Waals surface area contributed by atoms with Gasteiger partial charge in [0.15, 0.2) is 0 Å². The number of aliphatic hydroxyl groups is 2. The average molecular weight is 266 g/mol. The molecule has 2 atom stereocenters. The molecule has 2 rings (SSSR count). The van der Waals surface area contributed by atoms with E-state index >= 15 is 0 Å². The lowest BCUT2D eigenvalue weighted by Gasteiger charge is -2.15. The van der Waals surface area contributed by atoms with Crippen molar-refractivity contribution in [1.82, 2.24) is 4.90 Å². The minimum atomic E-state index is -0.942. The molecular formula is C12H14N2O5. The third-order valence-corrected chi connectivity index (χ3v) is 3.19. The van der Waals surface area contributed by atoms with Crippen LogP contribution in [-0.2, 0) is 0 Å². The molecule has 0 radical (unpaired) electrons. The van der Waals surface area contributed by atoms with Crippen molar-refractivity contribution in [3.05, 3.63) is 39.4 Å². The maximum atomic E-state index is 12.1. The Kier molecular flexibility index (Phi) is 3.50. The lowest BCUT2D eigenvalue weighted by Crippen LogP contribution is -2.29. The van der Waals surface area contributed by atoms with E-state index in [4.69, 9.17) is 0 Å². The summed E-state index contributed by atoms with van der Waals surface area (Å²) in [5.41, 5.74) is 0.665. The Morgan fingerprint density at radius 1 is 1.37 bits per heavy atom. The van der Waals surface area contributed by atoms with Crippen LogP contribution >= 0.6 is 0 Å². The lowest BCUT2D eigenvalue weighted by molar-refractivity contribution is -0.385. The minimum Gasteiger partial charge on any atom is -0.388 e. The van der Waals surface area contributed by atoms with Crippen molar-refractivity contribution >= 4 is 11.6 Å². The molecule has 102 valence electrons. The van der Waals surface area contributed by atoms with Crippen molar-refractivity contribution in [2.45, 2.75) is 19.1 Å². The molecular weight excluding hydrogens is 252 g/mol. The number of likely N-dealkylation sites (tertiary alicyclic amines) is 1. The number of carbonyl (C=O) groups excluding carboxylic acids is 1. The molecule has 7 nitrogen and oxygen atoms in total. The smallest absolute Gasteiger partial charge is 0.272 e. The number of hydrogen-bond acceptors (Lipinski definition) is 5. The van der Waals surface area contributed by atoms with Gasteiger partial charge >= 0.3 is 0 Å². The van der Waals surface area contributed by atoms with Gasteiger partial charge in [0, 0.05) is 30.3 Å². The van der Waals surface area contributed by atoms with Gasteiger partial charge in [-0.1, -0.05) is 0 Å². The van der Waals surface area contributed by atoms with Gasteiger partial charge in [-0.2, -0.15) is 0 Å². The predicted octanol–water partition coefficient (Wildman–Crippen LogP) is 0.0808. The third kappa shape index (κ3) is 2.56. The number of rotatable bonds is 2. The number of aryl methyl sites for hydroxylation is 1. The van der Waals surface area contributed by atoms with Crippen molar-refractivity contribution < 1.29 is 19.9 Å². The molecule has 7 heteroatoms.